The molecule has 1 amide bonds. The third-order valence-corrected chi connectivity index (χ3v) is 7.37. The summed E-state index contributed by atoms with van der Waals surface area (Å²) in [5.74, 6) is 0.899. The number of nitrogens with zero attached hydrogens (tertiary/aromatic N) is 1. The molecular weight excluding hydrogens is 376 g/mol. The molecule has 1 fully saturated rings. The van der Waals surface area contributed by atoms with Crippen molar-refractivity contribution in [2.45, 2.75) is 44.9 Å². The lowest BCUT2D eigenvalue weighted by molar-refractivity contribution is -0.122. The molecule has 1 saturated carbocycles. The van der Waals surface area contributed by atoms with Crippen LogP contribution in [-0.2, 0) is 4.79 Å². The third-order valence-electron chi connectivity index (χ3n) is 6.32. The van der Waals surface area contributed by atoms with Crippen LogP contribution in [0.3, 0.4) is 0 Å². The maximum absolute atomic E-state index is 11.6. The second-order valence-corrected chi connectivity index (χ2v) is 9.03. The minimum atomic E-state index is -0.132. The van der Waals surface area contributed by atoms with Gasteiger partial charge in [0.1, 0.15) is 0 Å². The second kappa shape index (κ2) is 8.91. The van der Waals surface area contributed by atoms with E-state index in [0.717, 1.165) is 37.8 Å². The number of primary amides is 1. The van der Waals surface area contributed by atoms with Crippen LogP contribution in [0.5, 0.6) is 0 Å². The zero-order chi connectivity index (χ0) is 20.2. The van der Waals surface area contributed by atoms with Gasteiger partial charge < -0.3 is 5.73 Å². The van der Waals surface area contributed by atoms with Crippen molar-refractivity contribution < 1.29 is 4.79 Å². The zero-order valence-corrected chi connectivity index (χ0v) is 17.7. The summed E-state index contributed by atoms with van der Waals surface area (Å²) in [6.07, 6.45) is 5.15. The number of aromatic nitrogens is 1. The largest absolute Gasteiger partial charge is 0.369 e. The number of carbonyl (C=O) groups excluding carboxylic acids is 1. The summed E-state index contributed by atoms with van der Waals surface area (Å²) >= 11 is 1.76. The summed E-state index contributed by atoms with van der Waals surface area (Å²) in [5, 5.41) is 3.39. The van der Waals surface area contributed by atoms with Crippen molar-refractivity contribution in [3.8, 4) is 22.4 Å². The molecule has 1 aliphatic rings. The summed E-state index contributed by atoms with van der Waals surface area (Å²) < 4.78 is 0. The van der Waals surface area contributed by atoms with Gasteiger partial charge in [0.25, 0.3) is 0 Å². The van der Waals surface area contributed by atoms with E-state index in [1.807, 2.05) is 6.07 Å². The quantitative estimate of drug-likeness (QED) is 0.510. The van der Waals surface area contributed by atoms with Crippen LogP contribution in [0.4, 0.5) is 0 Å². The Kier molecular flexibility index (Phi) is 6.10. The van der Waals surface area contributed by atoms with Gasteiger partial charge in [0.2, 0.25) is 5.91 Å². The molecule has 3 nitrogen and oxygen atoms in total. The number of hydrogen-bond acceptors (Lipinski definition) is 3. The zero-order valence-electron chi connectivity index (χ0n) is 16.9. The van der Waals surface area contributed by atoms with Gasteiger partial charge >= 0.3 is 0 Å². The Morgan fingerprint density at radius 2 is 1.72 bits per heavy atom. The fraction of sp³-hybridized carbons (Fsp3) is 0.360. The van der Waals surface area contributed by atoms with Crippen LogP contribution in [0.2, 0.25) is 0 Å². The van der Waals surface area contributed by atoms with E-state index in [2.05, 4.69) is 60.8 Å². The third kappa shape index (κ3) is 4.43. The molecule has 0 spiro atoms. The molecule has 150 valence electrons. The highest BCUT2D eigenvalue weighted by atomic mass is 32.1. The Hall–Kier alpha value is -2.46. The lowest BCUT2D eigenvalue weighted by atomic mass is 9.87. The maximum atomic E-state index is 11.6. The highest BCUT2D eigenvalue weighted by Crippen LogP contribution is 2.40. The highest BCUT2D eigenvalue weighted by molar-refractivity contribution is 7.10. The Morgan fingerprint density at radius 1 is 1.00 bits per heavy atom. The van der Waals surface area contributed by atoms with Gasteiger partial charge in [0.05, 0.1) is 10.7 Å². The van der Waals surface area contributed by atoms with E-state index in [-0.39, 0.29) is 11.8 Å². The summed E-state index contributed by atoms with van der Waals surface area (Å²) in [6.45, 7) is 2.29. The van der Waals surface area contributed by atoms with Gasteiger partial charge in [0.15, 0.2) is 0 Å². The number of thiazole rings is 1. The smallest absolute Gasteiger partial charge is 0.220 e. The molecule has 3 unspecified atom stereocenters. The van der Waals surface area contributed by atoms with Gasteiger partial charge in [-0.05, 0) is 42.7 Å². The van der Waals surface area contributed by atoms with Crippen LogP contribution >= 0.6 is 11.3 Å². The van der Waals surface area contributed by atoms with Gasteiger partial charge in [-0.1, -0.05) is 67.9 Å². The van der Waals surface area contributed by atoms with Crippen molar-refractivity contribution in [3.05, 3.63) is 65.0 Å². The maximum Gasteiger partial charge on any atom is 0.220 e. The predicted octanol–water partition coefficient (Wildman–Crippen LogP) is 6.26. The van der Waals surface area contributed by atoms with Crippen LogP contribution in [0.25, 0.3) is 22.4 Å². The van der Waals surface area contributed by atoms with Gasteiger partial charge in [-0.15, -0.1) is 11.3 Å². The van der Waals surface area contributed by atoms with Crippen LogP contribution in [0.1, 0.15) is 50.0 Å². The van der Waals surface area contributed by atoms with Crippen molar-refractivity contribution in [3.63, 3.8) is 0 Å². The highest BCUT2D eigenvalue weighted by Gasteiger charge is 2.27. The van der Waals surface area contributed by atoms with Gasteiger partial charge in [-0.3, -0.25) is 4.79 Å². The molecule has 29 heavy (non-hydrogen) atoms. The Labute approximate surface area is 177 Å². The van der Waals surface area contributed by atoms with Crippen molar-refractivity contribution >= 4 is 17.2 Å². The molecule has 4 heteroatoms. The number of benzene rings is 2. The molecule has 1 heterocycles. The first kappa shape index (κ1) is 19.8. The molecule has 2 aromatic carbocycles. The lowest BCUT2D eigenvalue weighted by Gasteiger charge is -2.20. The molecule has 0 radical (unpaired) electrons. The number of rotatable bonds is 5. The van der Waals surface area contributed by atoms with E-state index in [0.29, 0.717) is 11.8 Å². The second-order valence-electron chi connectivity index (χ2n) is 8.14. The summed E-state index contributed by atoms with van der Waals surface area (Å²) in [7, 11) is 0. The standard InChI is InChI=1S/C25H28N2OS/c1-17(18-10-7-11-20(15-14-18)24(26)28)25-27-23(16-29-25)22-13-6-5-12-21(22)19-8-3-2-4-9-19/h2-6,8-9,12-13,16-18,20H,7,10-11,14-15H2,1H3,(H2,26,28). The molecule has 1 aromatic heterocycles. The molecule has 1 aliphatic carbocycles. The predicted molar refractivity (Wildman–Crippen MR) is 121 cm³/mol. The average Bonchev–Trinajstić information content (AvgIpc) is 3.11. The fourth-order valence-electron chi connectivity index (χ4n) is 4.51. The number of carbonyl (C=O) groups is 1. The van der Waals surface area contributed by atoms with Crippen molar-refractivity contribution in [1.29, 1.82) is 0 Å². The topological polar surface area (TPSA) is 56.0 Å². The summed E-state index contributed by atoms with van der Waals surface area (Å²) in [5.41, 5.74) is 10.2. The Morgan fingerprint density at radius 3 is 2.48 bits per heavy atom. The van der Waals surface area contributed by atoms with Crippen molar-refractivity contribution in [2.75, 3.05) is 0 Å². The summed E-state index contributed by atoms with van der Waals surface area (Å²) in [4.78, 5) is 16.6. The number of amides is 1. The van der Waals surface area contributed by atoms with Gasteiger partial charge in [-0.2, -0.15) is 0 Å². The molecule has 0 aliphatic heterocycles. The molecule has 0 bridgehead atoms. The van der Waals surface area contributed by atoms with E-state index in [9.17, 15) is 4.79 Å². The number of nitrogens with two attached hydrogens (primary N) is 1. The van der Waals surface area contributed by atoms with Gasteiger partial charge in [-0.25, -0.2) is 4.98 Å². The fourth-order valence-corrected chi connectivity index (χ4v) is 5.48. The molecular formula is C25H28N2OS. The van der Waals surface area contributed by atoms with E-state index < -0.39 is 0 Å². The first-order valence-electron chi connectivity index (χ1n) is 10.5. The van der Waals surface area contributed by atoms with Crippen molar-refractivity contribution in [2.24, 2.45) is 17.6 Å². The summed E-state index contributed by atoms with van der Waals surface area (Å²) in [6, 6.07) is 19.0. The van der Waals surface area contributed by atoms with Crippen LogP contribution in [0, 0.1) is 11.8 Å². The minimum absolute atomic E-state index is 0.0526. The van der Waals surface area contributed by atoms with E-state index in [4.69, 9.17) is 10.7 Å². The van der Waals surface area contributed by atoms with E-state index in [1.54, 1.807) is 11.3 Å². The van der Waals surface area contributed by atoms with Gasteiger partial charge in [0, 0.05) is 22.8 Å². The average molecular weight is 405 g/mol. The van der Waals surface area contributed by atoms with E-state index in [1.165, 1.54) is 21.7 Å². The lowest BCUT2D eigenvalue weighted by Crippen LogP contribution is -2.22. The SMILES string of the molecule is CC(c1nc(-c2ccccc2-c2ccccc2)cs1)C1CCCC(C(N)=O)CC1. The number of hydrogen-bond donors (Lipinski definition) is 1. The van der Waals surface area contributed by atoms with E-state index >= 15 is 0 Å². The Bertz CT molecular complexity index is 966. The van der Waals surface area contributed by atoms with Crippen LogP contribution < -0.4 is 5.73 Å². The van der Waals surface area contributed by atoms with Crippen molar-refractivity contribution in [1.82, 2.24) is 4.98 Å². The first-order chi connectivity index (χ1) is 14.1. The molecule has 4 rings (SSSR count). The minimum Gasteiger partial charge on any atom is -0.369 e. The van der Waals surface area contributed by atoms with Crippen LogP contribution in [-0.4, -0.2) is 10.9 Å². The molecule has 3 atom stereocenters. The monoisotopic (exact) mass is 404 g/mol. The van der Waals surface area contributed by atoms with Crippen LogP contribution in [0.15, 0.2) is 60.0 Å². The molecule has 2 N–H and O–H groups in total. The normalized spacial score (nSPS) is 20.7. The Balaban J connectivity index is 1.56. The molecule has 0 saturated heterocycles. The first-order valence-corrected chi connectivity index (χ1v) is 11.4. The molecule has 3 aromatic rings.